The summed E-state index contributed by atoms with van der Waals surface area (Å²) in [5.74, 6) is 0.337. The van der Waals surface area contributed by atoms with Gasteiger partial charge >= 0.3 is 0 Å². The van der Waals surface area contributed by atoms with Gasteiger partial charge in [-0.1, -0.05) is 19.1 Å². The standard InChI is InChI=1S/C14H22N2O/c1-2-16-9-3-4-13(11-16)15-10-12-5-7-14(17)8-6-12/h5-8,13,15,17H,2-4,9-11H2,1H3. The van der Waals surface area contributed by atoms with Crippen molar-refractivity contribution < 1.29 is 5.11 Å². The minimum atomic E-state index is 0.337. The van der Waals surface area contributed by atoms with Crippen molar-refractivity contribution in [2.75, 3.05) is 19.6 Å². The van der Waals surface area contributed by atoms with Crippen molar-refractivity contribution >= 4 is 0 Å². The van der Waals surface area contributed by atoms with Crippen LogP contribution in [-0.2, 0) is 6.54 Å². The smallest absolute Gasteiger partial charge is 0.115 e. The number of likely N-dealkylation sites (tertiary alicyclic amines) is 1. The molecule has 1 saturated heterocycles. The molecule has 3 nitrogen and oxygen atoms in total. The van der Waals surface area contributed by atoms with E-state index in [-0.39, 0.29) is 0 Å². The van der Waals surface area contributed by atoms with E-state index in [1.165, 1.54) is 24.9 Å². The first-order chi connectivity index (χ1) is 8.28. The minimum absolute atomic E-state index is 0.337. The topological polar surface area (TPSA) is 35.5 Å². The molecule has 2 N–H and O–H groups in total. The summed E-state index contributed by atoms with van der Waals surface area (Å²) in [4.78, 5) is 2.50. The molecule has 0 aromatic heterocycles. The van der Waals surface area contributed by atoms with Gasteiger partial charge in [0.05, 0.1) is 0 Å². The number of hydrogen-bond acceptors (Lipinski definition) is 3. The van der Waals surface area contributed by atoms with Crippen LogP contribution in [0.5, 0.6) is 5.75 Å². The molecular weight excluding hydrogens is 212 g/mol. The highest BCUT2D eigenvalue weighted by atomic mass is 16.3. The molecule has 1 aliphatic rings. The van der Waals surface area contributed by atoms with Gasteiger partial charge in [0.15, 0.2) is 0 Å². The van der Waals surface area contributed by atoms with E-state index in [0.29, 0.717) is 11.8 Å². The van der Waals surface area contributed by atoms with E-state index in [1.54, 1.807) is 12.1 Å². The Labute approximate surface area is 103 Å². The summed E-state index contributed by atoms with van der Waals surface area (Å²) >= 11 is 0. The van der Waals surface area contributed by atoms with Crippen LogP contribution in [0.25, 0.3) is 0 Å². The van der Waals surface area contributed by atoms with Crippen LogP contribution in [0.2, 0.25) is 0 Å². The van der Waals surface area contributed by atoms with Gasteiger partial charge < -0.3 is 15.3 Å². The van der Waals surface area contributed by atoms with Crippen molar-refractivity contribution in [3.8, 4) is 5.75 Å². The Morgan fingerprint density at radius 1 is 1.35 bits per heavy atom. The van der Waals surface area contributed by atoms with Gasteiger partial charge in [-0.05, 0) is 43.6 Å². The minimum Gasteiger partial charge on any atom is -0.508 e. The molecule has 1 fully saturated rings. The average molecular weight is 234 g/mol. The summed E-state index contributed by atoms with van der Waals surface area (Å²) < 4.78 is 0. The van der Waals surface area contributed by atoms with Crippen molar-refractivity contribution in [1.29, 1.82) is 0 Å². The molecule has 94 valence electrons. The fourth-order valence-corrected chi connectivity index (χ4v) is 2.39. The average Bonchev–Trinajstić information content (AvgIpc) is 2.38. The highest BCUT2D eigenvalue weighted by molar-refractivity contribution is 5.25. The van der Waals surface area contributed by atoms with Gasteiger partial charge in [-0.15, -0.1) is 0 Å². The van der Waals surface area contributed by atoms with E-state index in [2.05, 4.69) is 17.1 Å². The number of piperidine rings is 1. The first-order valence-corrected chi connectivity index (χ1v) is 6.51. The highest BCUT2D eigenvalue weighted by Crippen LogP contribution is 2.12. The monoisotopic (exact) mass is 234 g/mol. The van der Waals surface area contributed by atoms with Gasteiger partial charge in [0, 0.05) is 19.1 Å². The first kappa shape index (κ1) is 12.4. The predicted molar refractivity (Wildman–Crippen MR) is 70.1 cm³/mol. The zero-order valence-corrected chi connectivity index (χ0v) is 10.5. The molecule has 17 heavy (non-hydrogen) atoms. The summed E-state index contributed by atoms with van der Waals surface area (Å²) in [6.07, 6.45) is 2.57. The molecule has 0 spiro atoms. The van der Waals surface area contributed by atoms with Gasteiger partial charge in [-0.2, -0.15) is 0 Å². The van der Waals surface area contributed by atoms with E-state index < -0.39 is 0 Å². The number of phenolic OH excluding ortho intramolecular Hbond substituents is 1. The molecule has 1 aromatic rings. The Kier molecular flexibility index (Phi) is 4.40. The first-order valence-electron chi connectivity index (χ1n) is 6.51. The Hall–Kier alpha value is -1.06. The lowest BCUT2D eigenvalue weighted by atomic mass is 10.1. The molecule has 3 heteroatoms. The van der Waals surface area contributed by atoms with E-state index in [4.69, 9.17) is 0 Å². The largest absolute Gasteiger partial charge is 0.508 e. The van der Waals surface area contributed by atoms with Crippen molar-refractivity contribution in [1.82, 2.24) is 10.2 Å². The molecule has 0 bridgehead atoms. The van der Waals surface area contributed by atoms with E-state index in [0.717, 1.165) is 19.6 Å². The third kappa shape index (κ3) is 3.72. The predicted octanol–water partition coefficient (Wildman–Crippen LogP) is 1.97. The van der Waals surface area contributed by atoms with E-state index in [9.17, 15) is 5.11 Å². The molecule has 1 aliphatic heterocycles. The quantitative estimate of drug-likeness (QED) is 0.836. The normalized spacial score (nSPS) is 21.6. The summed E-state index contributed by atoms with van der Waals surface area (Å²) in [5, 5.41) is 12.8. The Balaban J connectivity index is 1.79. The van der Waals surface area contributed by atoms with Crippen LogP contribution < -0.4 is 5.32 Å². The maximum Gasteiger partial charge on any atom is 0.115 e. The number of likely N-dealkylation sites (N-methyl/N-ethyl adjacent to an activating group) is 1. The molecule has 2 rings (SSSR count). The number of hydrogen-bond donors (Lipinski definition) is 2. The summed E-state index contributed by atoms with van der Waals surface area (Å²) in [6, 6.07) is 8.05. The second kappa shape index (κ2) is 6.03. The summed E-state index contributed by atoms with van der Waals surface area (Å²) in [5.41, 5.74) is 1.23. The summed E-state index contributed by atoms with van der Waals surface area (Å²) in [7, 11) is 0. The maximum atomic E-state index is 9.21. The van der Waals surface area contributed by atoms with Gasteiger partial charge in [0.2, 0.25) is 0 Å². The molecule has 1 atom stereocenters. The van der Waals surface area contributed by atoms with Gasteiger partial charge in [0.25, 0.3) is 0 Å². The van der Waals surface area contributed by atoms with Crippen molar-refractivity contribution in [2.24, 2.45) is 0 Å². The zero-order valence-electron chi connectivity index (χ0n) is 10.5. The van der Waals surface area contributed by atoms with E-state index >= 15 is 0 Å². The van der Waals surface area contributed by atoms with Crippen LogP contribution in [-0.4, -0.2) is 35.7 Å². The molecule has 0 amide bonds. The lowest BCUT2D eigenvalue weighted by molar-refractivity contribution is 0.198. The van der Waals surface area contributed by atoms with Gasteiger partial charge in [0.1, 0.15) is 5.75 Å². The maximum absolute atomic E-state index is 9.21. The number of rotatable bonds is 4. The fourth-order valence-electron chi connectivity index (χ4n) is 2.39. The number of nitrogens with zero attached hydrogens (tertiary/aromatic N) is 1. The van der Waals surface area contributed by atoms with Crippen LogP contribution in [0.4, 0.5) is 0 Å². The van der Waals surface area contributed by atoms with Crippen LogP contribution >= 0.6 is 0 Å². The summed E-state index contributed by atoms with van der Waals surface area (Å²) in [6.45, 7) is 6.67. The number of benzene rings is 1. The second-order valence-corrected chi connectivity index (χ2v) is 4.78. The molecule has 0 saturated carbocycles. The van der Waals surface area contributed by atoms with Crippen LogP contribution in [0.15, 0.2) is 24.3 Å². The lowest BCUT2D eigenvalue weighted by Crippen LogP contribution is -2.45. The zero-order chi connectivity index (χ0) is 12.1. The van der Waals surface area contributed by atoms with Crippen LogP contribution in [0, 0.1) is 0 Å². The molecular formula is C14H22N2O. The van der Waals surface area contributed by atoms with Crippen molar-refractivity contribution in [3.63, 3.8) is 0 Å². The third-order valence-electron chi connectivity index (χ3n) is 3.48. The molecule has 1 aromatic carbocycles. The Bertz CT molecular complexity index is 337. The molecule has 0 aliphatic carbocycles. The fraction of sp³-hybridized carbons (Fsp3) is 0.571. The van der Waals surface area contributed by atoms with Crippen LogP contribution in [0.3, 0.4) is 0 Å². The van der Waals surface area contributed by atoms with Crippen molar-refractivity contribution in [2.45, 2.75) is 32.4 Å². The van der Waals surface area contributed by atoms with E-state index in [1.807, 2.05) is 12.1 Å². The Morgan fingerprint density at radius 2 is 2.12 bits per heavy atom. The van der Waals surface area contributed by atoms with Crippen molar-refractivity contribution in [3.05, 3.63) is 29.8 Å². The molecule has 0 radical (unpaired) electrons. The third-order valence-corrected chi connectivity index (χ3v) is 3.48. The number of nitrogens with one attached hydrogen (secondary N) is 1. The lowest BCUT2D eigenvalue weighted by Gasteiger charge is -2.32. The second-order valence-electron chi connectivity index (χ2n) is 4.78. The SMILES string of the molecule is CCN1CCCC(NCc2ccc(O)cc2)C1. The number of phenols is 1. The van der Waals surface area contributed by atoms with Crippen LogP contribution in [0.1, 0.15) is 25.3 Å². The Morgan fingerprint density at radius 3 is 2.82 bits per heavy atom. The molecule has 1 heterocycles. The molecule has 1 unspecified atom stereocenters. The highest BCUT2D eigenvalue weighted by Gasteiger charge is 2.17. The van der Waals surface area contributed by atoms with Gasteiger partial charge in [-0.3, -0.25) is 0 Å². The van der Waals surface area contributed by atoms with Gasteiger partial charge in [-0.25, -0.2) is 0 Å². The number of aromatic hydroxyl groups is 1.